The first-order valence-electron chi connectivity index (χ1n) is 8.79. The van der Waals surface area contributed by atoms with Gasteiger partial charge in [-0.2, -0.15) is 0 Å². The Bertz CT molecular complexity index is 926. The SMILES string of the molecule is C=CCN1C(=O)/C(=C/c2ccc(OCC)c(OC)c2)S/C1=N/c1ccccn1. The summed E-state index contributed by atoms with van der Waals surface area (Å²) in [6, 6.07) is 11.0. The van der Waals surface area contributed by atoms with E-state index in [1.54, 1.807) is 30.3 Å². The molecule has 0 bridgehead atoms. The normalized spacial score (nSPS) is 16.6. The van der Waals surface area contributed by atoms with Crippen molar-refractivity contribution in [3.05, 3.63) is 65.7 Å². The van der Waals surface area contributed by atoms with Crippen LogP contribution in [0.4, 0.5) is 5.82 Å². The van der Waals surface area contributed by atoms with E-state index < -0.39 is 0 Å². The van der Waals surface area contributed by atoms with Crippen LogP contribution in [-0.4, -0.2) is 41.2 Å². The number of ether oxygens (including phenoxy) is 2. The van der Waals surface area contributed by atoms with Gasteiger partial charge in [-0.3, -0.25) is 9.69 Å². The number of aromatic nitrogens is 1. The number of carbonyl (C=O) groups excluding carboxylic acids is 1. The number of nitrogens with zero attached hydrogens (tertiary/aromatic N) is 3. The second-order valence-electron chi connectivity index (χ2n) is 5.74. The third-order valence-electron chi connectivity index (χ3n) is 3.84. The van der Waals surface area contributed by atoms with Crippen LogP contribution in [0.25, 0.3) is 6.08 Å². The fraction of sp³-hybridized carbons (Fsp3) is 0.190. The molecular weight excluding hydrogens is 374 g/mol. The summed E-state index contributed by atoms with van der Waals surface area (Å²) in [5.74, 6) is 1.73. The van der Waals surface area contributed by atoms with E-state index >= 15 is 0 Å². The topological polar surface area (TPSA) is 64.0 Å². The highest BCUT2D eigenvalue weighted by Gasteiger charge is 2.32. The molecule has 0 unspecified atom stereocenters. The average molecular weight is 395 g/mol. The molecule has 1 aromatic carbocycles. The Morgan fingerprint density at radius 1 is 1.29 bits per heavy atom. The molecule has 1 aliphatic rings. The number of aliphatic imine (C=N–C) groups is 1. The average Bonchev–Trinajstić information content (AvgIpc) is 2.99. The molecule has 2 aromatic rings. The molecule has 0 saturated carbocycles. The summed E-state index contributed by atoms with van der Waals surface area (Å²) in [5, 5.41) is 0.577. The number of benzene rings is 1. The number of rotatable bonds is 7. The molecule has 0 atom stereocenters. The molecule has 0 aliphatic carbocycles. The molecule has 1 saturated heterocycles. The number of methoxy groups -OCH3 is 1. The van der Waals surface area contributed by atoms with Crippen molar-refractivity contribution >= 4 is 34.7 Å². The molecular formula is C21H21N3O3S. The van der Waals surface area contributed by atoms with E-state index in [0.29, 0.717) is 40.5 Å². The van der Waals surface area contributed by atoms with Gasteiger partial charge in [0.05, 0.1) is 18.6 Å². The van der Waals surface area contributed by atoms with Crippen molar-refractivity contribution in [2.24, 2.45) is 4.99 Å². The van der Waals surface area contributed by atoms with Crippen molar-refractivity contribution in [3.8, 4) is 11.5 Å². The van der Waals surface area contributed by atoms with Crippen LogP contribution in [0.5, 0.6) is 11.5 Å². The van der Waals surface area contributed by atoms with Gasteiger partial charge in [-0.05, 0) is 54.6 Å². The van der Waals surface area contributed by atoms with Gasteiger partial charge < -0.3 is 9.47 Å². The van der Waals surface area contributed by atoms with Gasteiger partial charge in [0, 0.05) is 12.7 Å². The number of hydrogen-bond donors (Lipinski definition) is 0. The number of thioether (sulfide) groups is 1. The minimum Gasteiger partial charge on any atom is -0.493 e. The van der Waals surface area contributed by atoms with Crippen LogP contribution in [0, 0.1) is 0 Å². The van der Waals surface area contributed by atoms with E-state index in [9.17, 15) is 4.79 Å². The van der Waals surface area contributed by atoms with Crippen molar-refractivity contribution in [2.75, 3.05) is 20.3 Å². The Morgan fingerprint density at radius 3 is 2.82 bits per heavy atom. The monoisotopic (exact) mass is 395 g/mol. The standard InChI is InChI=1S/C21H21N3O3S/c1-4-12-24-20(25)18(28-21(24)23-19-8-6-7-11-22-19)14-15-9-10-16(27-5-2)17(13-15)26-3/h4,6-11,13-14H,1,5,12H2,2-3H3/b18-14-,23-21+. The Balaban J connectivity index is 1.93. The molecule has 28 heavy (non-hydrogen) atoms. The molecule has 0 N–H and O–H groups in total. The van der Waals surface area contributed by atoms with Crippen LogP contribution in [0.1, 0.15) is 12.5 Å². The van der Waals surface area contributed by atoms with Crippen LogP contribution >= 0.6 is 11.8 Å². The lowest BCUT2D eigenvalue weighted by Crippen LogP contribution is -2.29. The Kier molecular flexibility index (Phi) is 6.49. The lowest BCUT2D eigenvalue weighted by Gasteiger charge is -2.12. The Labute approximate surface area is 168 Å². The van der Waals surface area contributed by atoms with E-state index in [2.05, 4.69) is 16.6 Å². The van der Waals surface area contributed by atoms with Gasteiger partial charge in [-0.15, -0.1) is 6.58 Å². The molecule has 1 aromatic heterocycles. The van der Waals surface area contributed by atoms with Gasteiger partial charge in [-0.1, -0.05) is 18.2 Å². The van der Waals surface area contributed by atoms with Crippen molar-refractivity contribution in [1.82, 2.24) is 9.88 Å². The van der Waals surface area contributed by atoms with Crippen molar-refractivity contribution in [1.29, 1.82) is 0 Å². The minimum absolute atomic E-state index is 0.118. The maximum absolute atomic E-state index is 12.9. The summed E-state index contributed by atoms with van der Waals surface area (Å²) in [5.41, 5.74) is 0.841. The van der Waals surface area contributed by atoms with Crippen molar-refractivity contribution in [3.63, 3.8) is 0 Å². The first-order chi connectivity index (χ1) is 13.7. The van der Waals surface area contributed by atoms with E-state index in [0.717, 1.165) is 5.56 Å². The smallest absolute Gasteiger partial charge is 0.267 e. The maximum atomic E-state index is 12.9. The van der Waals surface area contributed by atoms with Crippen LogP contribution in [-0.2, 0) is 4.79 Å². The Hall–Kier alpha value is -3.06. The van der Waals surface area contributed by atoms with E-state index in [4.69, 9.17) is 9.47 Å². The van der Waals surface area contributed by atoms with Crippen LogP contribution < -0.4 is 9.47 Å². The van der Waals surface area contributed by atoms with Gasteiger partial charge in [0.1, 0.15) is 0 Å². The number of carbonyl (C=O) groups is 1. The summed E-state index contributed by atoms with van der Waals surface area (Å²) >= 11 is 1.31. The third-order valence-corrected chi connectivity index (χ3v) is 4.85. The Morgan fingerprint density at radius 2 is 2.14 bits per heavy atom. The first-order valence-corrected chi connectivity index (χ1v) is 9.60. The molecule has 0 radical (unpaired) electrons. The molecule has 3 rings (SSSR count). The van der Waals surface area contributed by atoms with Crippen molar-refractivity contribution < 1.29 is 14.3 Å². The minimum atomic E-state index is -0.118. The summed E-state index contributed by atoms with van der Waals surface area (Å²) in [4.78, 5) is 23.7. The molecule has 1 amide bonds. The van der Waals surface area contributed by atoms with Crippen molar-refractivity contribution in [2.45, 2.75) is 6.92 Å². The number of hydrogen-bond acceptors (Lipinski definition) is 6. The van der Waals surface area contributed by atoms with E-state index in [1.165, 1.54) is 11.8 Å². The fourth-order valence-electron chi connectivity index (χ4n) is 2.60. The van der Waals surface area contributed by atoms with Gasteiger partial charge in [0.2, 0.25) is 0 Å². The summed E-state index contributed by atoms with van der Waals surface area (Å²) in [6.07, 6.45) is 5.17. The predicted octanol–water partition coefficient (Wildman–Crippen LogP) is 4.28. The summed E-state index contributed by atoms with van der Waals surface area (Å²) in [7, 11) is 1.59. The first kappa shape index (κ1) is 19.7. The zero-order chi connectivity index (χ0) is 19.9. The molecule has 1 fully saturated rings. The quantitative estimate of drug-likeness (QED) is 0.517. The fourth-order valence-corrected chi connectivity index (χ4v) is 3.60. The molecule has 2 heterocycles. The maximum Gasteiger partial charge on any atom is 0.267 e. The second kappa shape index (κ2) is 9.23. The zero-order valence-corrected chi connectivity index (χ0v) is 16.6. The summed E-state index contributed by atoms with van der Waals surface area (Å²) in [6.45, 7) is 6.58. The van der Waals surface area contributed by atoms with Gasteiger partial charge in [0.15, 0.2) is 22.5 Å². The molecule has 1 aliphatic heterocycles. The third kappa shape index (κ3) is 4.43. The lowest BCUT2D eigenvalue weighted by atomic mass is 10.2. The largest absolute Gasteiger partial charge is 0.493 e. The number of pyridine rings is 1. The molecule has 144 valence electrons. The highest BCUT2D eigenvalue weighted by molar-refractivity contribution is 8.18. The van der Waals surface area contributed by atoms with Crippen LogP contribution in [0.3, 0.4) is 0 Å². The van der Waals surface area contributed by atoms with E-state index in [-0.39, 0.29) is 5.91 Å². The number of amidine groups is 1. The molecule has 7 heteroatoms. The van der Waals surface area contributed by atoms with Crippen LogP contribution in [0.15, 0.2) is 65.1 Å². The highest BCUT2D eigenvalue weighted by Crippen LogP contribution is 2.35. The van der Waals surface area contributed by atoms with Gasteiger partial charge >= 0.3 is 0 Å². The molecule has 6 nitrogen and oxygen atoms in total. The number of amides is 1. The van der Waals surface area contributed by atoms with E-state index in [1.807, 2.05) is 43.3 Å². The lowest BCUT2D eigenvalue weighted by molar-refractivity contribution is -0.121. The predicted molar refractivity (Wildman–Crippen MR) is 113 cm³/mol. The summed E-state index contributed by atoms with van der Waals surface area (Å²) < 4.78 is 10.9. The molecule has 0 spiro atoms. The van der Waals surface area contributed by atoms with Gasteiger partial charge in [0.25, 0.3) is 5.91 Å². The second-order valence-corrected chi connectivity index (χ2v) is 6.75. The zero-order valence-electron chi connectivity index (χ0n) is 15.8. The van der Waals surface area contributed by atoms with Crippen LogP contribution in [0.2, 0.25) is 0 Å². The highest BCUT2D eigenvalue weighted by atomic mass is 32.2. The van der Waals surface area contributed by atoms with Gasteiger partial charge in [-0.25, -0.2) is 9.98 Å².